The molecule has 0 bridgehead atoms. The predicted molar refractivity (Wildman–Crippen MR) is 61.7 cm³/mol. The molecule has 1 unspecified atom stereocenters. The van der Waals surface area contributed by atoms with E-state index in [0.717, 1.165) is 11.1 Å². The fourth-order valence-corrected chi connectivity index (χ4v) is 1.97. The third-order valence-corrected chi connectivity index (χ3v) is 3.10. The maximum absolute atomic E-state index is 9.98. The molecule has 0 saturated heterocycles. The minimum absolute atomic E-state index is 0.0897. The van der Waals surface area contributed by atoms with E-state index in [-0.39, 0.29) is 11.8 Å². The Bertz CT molecular complexity index is 389. The first-order valence-electron chi connectivity index (χ1n) is 4.72. The molecule has 15 heavy (non-hydrogen) atoms. The molecule has 0 heterocycles. The fraction of sp³-hybridized carbons (Fsp3) is 0.455. The zero-order valence-electron chi connectivity index (χ0n) is 9.39. The Morgan fingerprint density at radius 1 is 1.33 bits per heavy atom. The first kappa shape index (κ1) is 12.1. The highest BCUT2D eigenvalue weighted by Crippen LogP contribution is 2.42. The van der Waals surface area contributed by atoms with Crippen molar-refractivity contribution in [3.63, 3.8) is 0 Å². The maximum atomic E-state index is 9.98. The zero-order valence-corrected chi connectivity index (χ0v) is 10.1. The SMILES string of the molecule is COc1c(C)c(Cl)c(C)c(C(C)N)c1O. The van der Waals surface area contributed by atoms with Crippen LogP contribution in [0.15, 0.2) is 0 Å². The molecule has 0 radical (unpaired) electrons. The minimum atomic E-state index is -0.281. The number of aromatic hydroxyl groups is 1. The van der Waals surface area contributed by atoms with Crippen LogP contribution in [-0.2, 0) is 0 Å². The van der Waals surface area contributed by atoms with Crippen molar-refractivity contribution < 1.29 is 9.84 Å². The molecular formula is C11H16ClNO2. The van der Waals surface area contributed by atoms with Gasteiger partial charge in [0, 0.05) is 17.2 Å². The first-order valence-corrected chi connectivity index (χ1v) is 5.10. The number of nitrogens with two attached hydrogens (primary N) is 1. The summed E-state index contributed by atoms with van der Waals surface area (Å²) in [6, 6.07) is -0.281. The molecule has 0 spiro atoms. The second-order valence-corrected chi connectivity index (χ2v) is 4.03. The van der Waals surface area contributed by atoms with Crippen molar-refractivity contribution >= 4 is 11.6 Å². The van der Waals surface area contributed by atoms with Crippen LogP contribution in [-0.4, -0.2) is 12.2 Å². The Labute approximate surface area is 94.8 Å². The van der Waals surface area contributed by atoms with E-state index in [0.29, 0.717) is 16.3 Å². The molecule has 4 heteroatoms. The lowest BCUT2D eigenvalue weighted by Crippen LogP contribution is -2.09. The summed E-state index contributed by atoms with van der Waals surface area (Å²) in [4.78, 5) is 0. The summed E-state index contributed by atoms with van der Waals surface area (Å²) < 4.78 is 5.11. The van der Waals surface area contributed by atoms with Crippen molar-refractivity contribution in [2.24, 2.45) is 5.73 Å². The van der Waals surface area contributed by atoms with E-state index < -0.39 is 0 Å². The van der Waals surface area contributed by atoms with Gasteiger partial charge in [0.25, 0.3) is 0 Å². The standard InChI is InChI=1S/C11H16ClNO2/c1-5-8(7(3)13)10(14)11(15-4)6(2)9(5)12/h7,14H,13H2,1-4H3. The summed E-state index contributed by atoms with van der Waals surface area (Å²) >= 11 is 6.14. The number of ether oxygens (including phenoxy) is 1. The lowest BCUT2D eigenvalue weighted by atomic mass is 9.98. The van der Waals surface area contributed by atoms with Gasteiger partial charge in [0.2, 0.25) is 0 Å². The van der Waals surface area contributed by atoms with Gasteiger partial charge in [-0.2, -0.15) is 0 Å². The Morgan fingerprint density at radius 2 is 1.87 bits per heavy atom. The number of benzene rings is 1. The van der Waals surface area contributed by atoms with Gasteiger partial charge in [-0.1, -0.05) is 11.6 Å². The van der Waals surface area contributed by atoms with Gasteiger partial charge in [0.1, 0.15) is 0 Å². The monoisotopic (exact) mass is 229 g/mol. The van der Waals surface area contributed by atoms with Crippen LogP contribution in [0.25, 0.3) is 0 Å². The van der Waals surface area contributed by atoms with Gasteiger partial charge in [-0.3, -0.25) is 0 Å². The summed E-state index contributed by atoms with van der Waals surface area (Å²) in [6.45, 7) is 5.44. The van der Waals surface area contributed by atoms with Crippen molar-refractivity contribution in [1.82, 2.24) is 0 Å². The molecule has 0 aliphatic heterocycles. The van der Waals surface area contributed by atoms with Gasteiger partial charge in [-0.05, 0) is 26.3 Å². The van der Waals surface area contributed by atoms with Crippen molar-refractivity contribution in [3.8, 4) is 11.5 Å². The molecule has 0 saturated carbocycles. The summed E-state index contributed by atoms with van der Waals surface area (Å²) in [6.07, 6.45) is 0. The summed E-state index contributed by atoms with van der Waals surface area (Å²) in [5, 5.41) is 10.6. The molecule has 0 fully saturated rings. The van der Waals surface area contributed by atoms with Crippen molar-refractivity contribution in [3.05, 3.63) is 21.7 Å². The molecule has 1 aromatic rings. The predicted octanol–water partition coefficient (Wildman–Crippen LogP) is 2.69. The Morgan fingerprint density at radius 3 is 2.27 bits per heavy atom. The molecule has 1 aromatic carbocycles. The normalized spacial score (nSPS) is 12.7. The number of phenols is 1. The molecule has 3 nitrogen and oxygen atoms in total. The number of phenolic OH excluding ortho intramolecular Hbond substituents is 1. The Hall–Kier alpha value is -0.930. The quantitative estimate of drug-likeness (QED) is 0.820. The summed E-state index contributed by atoms with van der Waals surface area (Å²) in [7, 11) is 1.50. The number of hydrogen-bond donors (Lipinski definition) is 2. The number of methoxy groups -OCH3 is 1. The molecule has 0 aliphatic carbocycles. The van der Waals surface area contributed by atoms with Gasteiger partial charge < -0.3 is 15.6 Å². The van der Waals surface area contributed by atoms with Gasteiger partial charge in [0.15, 0.2) is 11.5 Å². The van der Waals surface area contributed by atoms with Crippen LogP contribution in [0.5, 0.6) is 11.5 Å². The topological polar surface area (TPSA) is 55.5 Å². The molecular weight excluding hydrogens is 214 g/mol. The Kier molecular flexibility index (Phi) is 3.47. The third-order valence-electron chi connectivity index (χ3n) is 2.53. The van der Waals surface area contributed by atoms with Crippen LogP contribution < -0.4 is 10.5 Å². The molecule has 84 valence electrons. The van der Waals surface area contributed by atoms with E-state index in [9.17, 15) is 5.11 Å². The second kappa shape index (κ2) is 4.29. The number of halogens is 1. The van der Waals surface area contributed by atoms with E-state index in [1.165, 1.54) is 7.11 Å². The first-order chi connectivity index (χ1) is 6.91. The van der Waals surface area contributed by atoms with E-state index in [1.54, 1.807) is 13.8 Å². The van der Waals surface area contributed by atoms with Crippen LogP contribution in [0, 0.1) is 13.8 Å². The molecule has 0 aliphatic rings. The second-order valence-electron chi connectivity index (χ2n) is 3.65. The average molecular weight is 230 g/mol. The van der Waals surface area contributed by atoms with Crippen LogP contribution in [0.3, 0.4) is 0 Å². The van der Waals surface area contributed by atoms with Crippen molar-refractivity contribution in [1.29, 1.82) is 0 Å². The summed E-state index contributed by atoms with van der Waals surface area (Å²) in [5.74, 6) is 0.491. The van der Waals surface area contributed by atoms with Crippen LogP contribution in [0.2, 0.25) is 5.02 Å². The van der Waals surface area contributed by atoms with Crippen LogP contribution in [0.4, 0.5) is 0 Å². The van der Waals surface area contributed by atoms with Gasteiger partial charge in [0.05, 0.1) is 12.1 Å². The fourth-order valence-electron chi connectivity index (χ4n) is 1.78. The lowest BCUT2D eigenvalue weighted by molar-refractivity contribution is 0.366. The van der Waals surface area contributed by atoms with E-state index >= 15 is 0 Å². The van der Waals surface area contributed by atoms with Gasteiger partial charge in [-0.25, -0.2) is 0 Å². The van der Waals surface area contributed by atoms with E-state index in [1.807, 2.05) is 6.92 Å². The highest BCUT2D eigenvalue weighted by Gasteiger charge is 2.20. The summed E-state index contributed by atoms with van der Waals surface area (Å²) in [5.41, 5.74) is 7.97. The molecule has 1 rings (SSSR count). The zero-order chi connectivity index (χ0) is 11.7. The minimum Gasteiger partial charge on any atom is -0.504 e. The molecule has 0 amide bonds. The van der Waals surface area contributed by atoms with E-state index in [4.69, 9.17) is 22.1 Å². The lowest BCUT2D eigenvalue weighted by Gasteiger charge is -2.18. The number of rotatable bonds is 2. The van der Waals surface area contributed by atoms with Crippen LogP contribution in [0.1, 0.15) is 29.7 Å². The van der Waals surface area contributed by atoms with Gasteiger partial charge >= 0.3 is 0 Å². The van der Waals surface area contributed by atoms with Crippen molar-refractivity contribution in [2.75, 3.05) is 7.11 Å². The smallest absolute Gasteiger partial charge is 0.165 e. The largest absolute Gasteiger partial charge is 0.504 e. The Balaban J connectivity index is 3.60. The maximum Gasteiger partial charge on any atom is 0.165 e. The van der Waals surface area contributed by atoms with Gasteiger partial charge in [-0.15, -0.1) is 0 Å². The molecule has 1 atom stereocenters. The molecule has 3 N–H and O–H groups in total. The average Bonchev–Trinajstić information content (AvgIpc) is 2.15. The highest BCUT2D eigenvalue weighted by atomic mass is 35.5. The van der Waals surface area contributed by atoms with E-state index in [2.05, 4.69) is 0 Å². The van der Waals surface area contributed by atoms with Crippen LogP contribution >= 0.6 is 11.6 Å². The number of hydrogen-bond acceptors (Lipinski definition) is 3. The third kappa shape index (κ3) is 1.90. The van der Waals surface area contributed by atoms with Crippen molar-refractivity contribution in [2.45, 2.75) is 26.8 Å². The molecule has 0 aromatic heterocycles. The highest BCUT2D eigenvalue weighted by molar-refractivity contribution is 6.32.